The molecule has 0 bridgehead atoms. The van der Waals surface area contributed by atoms with Gasteiger partial charge in [-0.3, -0.25) is 0 Å². The highest BCUT2D eigenvalue weighted by Crippen LogP contribution is 2.31. The summed E-state index contributed by atoms with van der Waals surface area (Å²) in [5.74, 6) is 2.78. The molecule has 2 fully saturated rings. The molecule has 1 heterocycles. The average Bonchev–Trinajstić information content (AvgIpc) is 2.87. The van der Waals surface area contributed by atoms with Gasteiger partial charge in [-0.25, -0.2) is 0 Å². The molecule has 0 aromatic rings. The molecule has 1 aliphatic heterocycles. The molecule has 2 aliphatic rings. The highest BCUT2D eigenvalue weighted by molar-refractivity contribution is 7.99. The topological polar surface area (TPSA) is 3.24 Å². The van der Waals surface area contributed by atoms with Gasteiger partial charge < -0.3 is 4.90 Å². The number of thioether (sulfide) groups is 1. The Balaban J connectivity index is 1.81. The summed E-state index contributed by atoms with van der Waals surface area (Å²) in [6, 6.07) is 1.88. The van der Waals surface area contributed by atoms with Crippen LogP contribution in [0.15, 0.2) is 0 Å². The van der Waals surface area contributed by atoms with E-state index in [1.807, 2.05) is 0 Å². The molecule has 0 aromatic carbocycles. The van der Waals surface area contributed by atoms with E-state index in [2.05, 4.69) is 23.7 Å². The van der Waals surface area contributed by atoms with Gasteiger partial charge in [-0.15, -0.1) is 0 Å². The Morgan fingerprint density at radius 3 is 2.09 bits per heavy atom. The molecule has 0 unspecified atom stereocenters. The molecule has 1 aliphatic carbocycles. The maximum Gasteiger partial charge on any atom is 0.0111 e. The SMILES string of the molecule is CN(C1CCSCC1)C1CC1. The van der Waals surface area contributed by atoms with Crippen molar-refractivity contribution in [2.75, 3.05) is 18.6 Å². The van der Waals surface area contributed by atoms with Crippen LogP contribution in [0.25, 0.3) is 0 Å². The Bertz CT molecular complexity index is 128. The van der Waals surface area contributed by atoms with Gasteiger partial charge >= 0.3 is 0 Å². The van der Waals surface area contributed by atoms with Gasteiger partial charge in [0.05, 0.1) is 0 Å². The Hall–Kier alpha value is 0.310. The van der Waals surface area contributed by atoms with Gasteiger partial charge in [0.25, 0.3) is 0 Å². The van der Waals surface area contributed by atoms with Crippen molar-refractivity contribution >= 4 is 11.8 Å². The summed E-state index contributed by atoms with van der Waals surface area (Å²) >= 11 is 2.12. The summed E-state index contributed by atoms with van der Waals surface area (Å²) in [7, 11) is 2.32. The van der Waals surface area contributed by atoms with Gasteiger partial charge in [0.15, 0.2) is 0 Å². The monoisotopic (exact) mass is 171 g/mol. The van der Waals surface area contributed by atoms with Crippen LogP contribution in [0, 0.1) is 0 Å². The molecule has 1 saturated carbocycles. The number of nitrogens with zero attached hydrogens (tertiary/aromatic N) is 1. The molecule has 2 rings (SSSR count). The first-order chi connectivity index (χ1) is 5.38. The molecule has 11 heavy (non-hydrogen) atoms. The first kappa shape index (κ1) is 7.93. The lowest BCUT2D eigenvalue weighted by Gasteiger charge is -2.30. The van der Waals surface area contributed by atoms with Crippen LogP contribution < -0.4 is 0 Å². The normalized spacial score (nSPS) is 27.8. The Morgan fingerprint density at radius 1 is 1.00 bits per heavy atom. The van der Waals surface area contributed by atoms with E-state index in [1.165, 1.54) is 37.2 Å². The fraction of sp³-hybridized carbons (Fsp3) is 1.00. The summed E-state index contributed by atoms with van der Waals surface area (Å²) in [5, 5.41) is 0. The predicted octanol–water partition coefficient (Wildman–Crippen LogP) is 1.98. The lowest BCUT2D eigenvalue weighted by atomic mass is 10.1. The molecule has 1 saturated heterocycles. The first-order valence-corrected chi connectivity index (χ1v) is 5.83. The Labute approximate surface area is 73.5 Å². The van der Waals surface area contributed by atoms with Gasteiger partial charge in [0.2, 0.25) is 0 Å². The lowest BCUT2D eigenvalue weighted by Crippen LogP contribution is -2.36. The Morgan fingerprint density at radius 2 is 1.55 bits per heavy atom. The second-order valence-corrected chi connectivity index (χ2v) is 4.96. The van der Waals surface area contributed by atoms with E-state index < -0.39 is 0 Å². The zero-order chi connectivity index (χ0) is 7.68. The van der Waals surface area contributed by atoms with Crippen molar-refractivity contribution in [2.24, 2.45) is 0 Å². The third kappa shape index (κ3) is 1.91. The van der Waals surface area contributed by atoms with Crippen molar-refractivity contribution in [3.05, 3.63) is 0 Å². The summed E-state index contributed by atoms with van der Waals surface area (Å²) in [4.78, 5) is 2.62. The summed E-state index contributed by atoms with van der Waals surface area (Å²) in [5.41, 5.74) is 0. The zero-order valence-corrected chi connectivity index (χ0v) is 8.07. The average molecular weight is 171 g/mol. The highest BCUT2D eigenvalue weighted by Gasteiger charge is 2.31. The zero-order valence-electron chi connectivity index (χ0n) is 7.25. The molecule has 0 amide bonds. The van der Waals surface area contributed by atoms with E-state index in [4.69, 9.17) is 0 Å². The fourth-order valence-corrected chi connectivity index (χ4v) is 2.95. The van der Waals surface area contributed by atoms with E-state index in [-0.39, 0.29) is 0 Å². The number of hydrogen-bond donors (Lipinski definition) is 0. The Kier molecular flexibility index (Phi) is 2.42. The molecular formula is C9H17NS. The molecule has 0 aromatic heterocycles. The van der Waals surface area contributed by atoms with Crippen LogP contribution in [-0.4, -0.2) is 35.5 Å². The minimum Gasteiger partial charge on any atom is -0.300 e. The van der Waals surface area contributed by atoms with E-state index >= 15 is 0 Å². The van der Waals surface area contributed by atoms with Crippen LogP contribution >= 0.6 is 11.8 Å². The number of hydrogen-bond acceptors (Lipinski definition) is 2. The highest BCUT2D eigenvalue weighted by atomic mass is 32.2. The van der Waals surface area contributed by atoms with Crippen LogP contribution in [0.1, 0.15) is 25.7 Å². The van der Waals surface area contributed by atoms with Crippen molar-refractivity contribution in [1.29, 1.82) is 0 Å². The molecule has 0 spiro atoms. The van der Waals surface area contributed by atoms with Gasteiger partial charge in [-0.1, -0.05) is 0 Å². The van der Waals surface area contributed by atoms with Gasteiger partial charge in [-0.05, 0) is 44.2 Å². The van der Waals surface area contributed by atoms with Crippen LogP contribution in [-0.2, 0) is 0 Å². The largest absolute Gasteiger partial charge is 0.300 e. The van der Waals surface area contributed by atoms with E-state index in [0.29, 0.717) is 0 Å². The minimum absolute atomic E-state index is 0.920. The molecule has 1 nitrogen and oxygen atoms in total. The molecule has 2 heteroatoms. The molecule has 0 N–H and O–H groups in total. The van der Waals surface area contributed by atoms with Crippen LogP contribution in [0.3, 0.4) is 0 Å². The molecule has 0 atom stereocenters. The van der Waals surface area contributed by atoms with Gasteiger partial charge in [0.1, 0.15) is 0 Å². The lowest BCUT2D eigenvalue weighted by molar-refractivity contribution is 0.220. The summed E-state index contributed by atoms with van der Waals surface area (Å²) in [6.07, 6.45) is 5.77. The predicted molar refractivity (Wildman–Crippen MR) is 51.1 cm³/mol. The standard InChI is InChI=1S/C9H17NS/c1-10(8-2-3-8)9-4-6-11-7-5-9/h8-9H,2-7H2,1H3. The molecule has 0 radical (unpaired) electrons. The third-order valence-electron chi connectivity index (χ3n) is 2.89. The minimum atomic E-state index is 0.920. The second kappa shape index (κ2) is 3.36. The second-order valence-electron chi connectivity index (χ2n) is 3.74. The first-order valence-electron chi connectivity index (χ1n) is 4.67. The van der Waals surface area contributed by atoms with Gasteiger partial charge in [-0.2, -0.15) is 11.8 Å². The van der Waals surface area contributed by atoms with Gasteiger partial charge in [0, 0.05) is 12.1 Å². The van der Waals surface area contributed by atoms with Crippen molar-refractivity contribution in [2.45, 2.75) is 37.8 Å². The van der Waals surface area contributed by atoms with E-state index in [0.717, 1.165) is 12.1 Å². The van der Waals surface area contributed by atoms with Crippen molar-refractivity contribution < 1.29 is 0 Å². The summed E-state index contributed by atoms with van der Waals surface area (Å²) < 4.78 is 0. The molecule has 64 valence electrons. The van der Waals surface area contributed by atoms with Crippen molar-refractivity contribution in [3.63, 3.8) is 0 Å². The fourth-order valence-electron chi connectivity index (χ4n) is 1.87. The van der Waals surface area contributed by atoms with Crippen LogP contribution in [0.4, 0.5) is 0 Å². The summed E-state index contributed by atoms with van der Waals surface area (Å²) in [6.45, 7) is 0. The smallest absolute Gasteiger partial charge is 0.0111 e. The quantitative estimate of drug-likeness (QED) is 0.625. The maximum atomic E-state index is 2.62. The molecular weight excluding hydrogens is 154 g/mol. The van der Waals surface area contributed by atoms with Crippen LogP contribution in [0.2, 0.25) is 0 Å². The van der Waals surface area contributed by atoms with Crippen LogP contribution in [0.5, 0.6) is 0 Å². The third-order valence-corrected chi connectivity index (χ3v) is 3.94. The van der Waals surface area contributed by atoms with Crippen molar-refractivity contribution in [3.8, 4) is 0 Å². The maximum absolute atomic E-state index is 2.62. The van der Waals surface area contributed by atoms with E-state index in [9.17, 15) is 0 Å². The van der Waals surface area contributed by atoms with Crippen molar-refractivity contribution in [1.82, 2.24) is 4.90 Å². The van der Waals surface area contributed by atoms with E-state index in [1.54, 1.807) is 0 Å². The number of rotatable bonds is 2.